The summed E-state index contributed by atoms with van der Waals surface area (Å²) >= 11 is 0. The van der Waals surface area contributed by atoms with Crippen LogP contribution in [-0.2, 0) is 13.6 Å². The molecule has 0 radical (unpaired) electrons. The highest BCUT2D eigenvalue weighted by molar-refractivity contribution is 5.97. The van der Waals surface area contributed by atoms with E-state index in [1.807, 2.05) is 48.9 Å². The van der Waals surface area contributed by atoms with Crippen molar-refractivity contribution in [3.63, 3.8) is 0 Å². The smallest absolute Gasteiger partial charge is 0.326 e. The largest absolute Gasteiger partial charge is 0.348 e. The van der Waals surface area contributed by atoms with Gasteiger partial charge in [-0.3, -0.25) is 9.36 Å². The molecule has 4 aromatic rings. The van der Waals surface area contributed by atoms with Crippen LogP contribution in [0, 0.1) is 13.8 Å². The molecule has 7 heteroatoms. The molecule has 0 aliphatic rings. The van der Waals surface area contributed by atoms with Crippen molar-refractivity contribution in [1.29, 1.82) is 0 Å². The molecule has 0 unspecified atom stereocenters. The van der Waals surface area contributed by atoms with E-state index in [1.165, 1.54) is 4.57 Å². The number of aromatic amines is 1. The monoisotopic (exact) mass is 375 g/mol. The Bertz CT molecular complexity index is 1250. The molecule has 7 nitrogen and oxygen atoms in total. The number of hydrogen-bond donors (Lipinski definition) is 2. The Balaban J connectivity index is 1.57. The number of imidazole rings is 1. The summed E-state index contributed by atoms with van der Waals surface area (Å²) < 4.78 is 3.40. The molecule has 28 heavy (non-hydrogen) atoms. The summed E-state index contributed by atoms with van der Waals surface area (Å²) in [6, 6.07) is 15.1. The lowest BCUT2D eigenvalue weighted by Crippen LogP contribution is -2.23. The summed E-state index contributed by atoms with van der Waals surface area (Å²) in [4.78, 5) is 27.1. The number of hydrogen-bond acceptors (Lipinski definition) is 3. The molecule has 2 N–H and O–H groups in total. The normalized spacial score (nSPS) is 11.1. The second kappa shape index (κ2) is 6.84. The van der Waals surface area contributed by atoms with Crippen LogP contribution in [-0.4, -0.2) is 25.2 Å². The van der Waals surface area contributed by atoms with Crippen molar-refractivity contribution in [3.05, 3.63) is 81.5 Å². The summed E-state index contributed by atoms with van der Waals surface area (Å²) in [5, 5.41) is 7.50. The van der Waals surface area contributed by atoms with E-state index in [0.29, 0.717) is 17.6 Å². The molecule has 142 valence electrons. The standard InChI is InChI=1S/C21H21N5O2/c1-13-10-14(2)26(24-13)18-7-5-4-6-16(18)12-22-20(27)15-8-9-19-17(11-15)23-21(28)25(19)3/h4-11H,12H2,1-3H3,(H,22,27)(H,23,28). The number of para-hydroxylation sites is 1. The maximum absolute atomic E-state index is 12.6. The Morgan fingerprint density at radius 2 is 1.93 bits per heavy atom. The highest BCUT2D eigenvalue weighted by Crippen LogP contribution is 2.17. The first-order chi connectivity index (χ1) is 13.4. The summed E-state index contributed by atoms with van der Waals surface area (Å²) in [6.07, 6.45) is 0. The predicted octanol–water partition coefficient (Wildman–Crippen LogP) is 2.60. The second-order valence-corrected chi connectivity index (χ2v) is 6.87. The zero-order valence-electron chi connectivity index (χ0n) is 16.0. The van der Waals surface area contributed by atoms with Crippen molar-refractivity contribution < 1.29 is 4.79 Å². The van der Waals surface area contributed by atoms with Crippen molar-refractivity contribution in [2.45, 2.75) is 20.4 Å². The number of H-pyrrole nitrogens is 1. The maximum atomic E-state index is 12.6. The summed E-state index contributed by atoms with van der Waals surface area (Å²) in [5.41, 5.74) is 5.59. The van der Waals surface area contributed by atoms with Crippen LogP contribution in [0.3, 0.4) is 0 Å². The van der Waals surface area contributed by atoms with Gasteiger partial charge in [0.2, 0.25) is 0 Å². The second-order valence-electron chi connectivity index (χ2n) is 6.87. The Kier molecular flexibility index (Phi) is 4.35. The highest BCUT2D eigenvalue weighted by Gasteiger charge is 2.12. The molecular formula is C21H21N5O2. The van der Waals surface area contributed by atoms with Gasteiger partial charge in [0.15, 0.2) is 0 Å². The van der Waals surface area contributed by atoms with E-state index in [-0.39, 0.29) is 11.6 Å². The van der Waals surface area contributed by atoms with Gasteiger partial charge in [0.25, 0.3) is 5.91 Å². The van der Waals surface area contributed by atoms with E-state index in [2.05, 4.69) is 15.4 Å². The summed E-state index contributed by atoms with van der Waals surface area (Å²) in [6.45, 7) is 4.33. The van der Waals surface area contributed by atoms with Crippen LogP contribution >= 0.6 is 0 Å². The number of fused-ring (bicyclic) bond motifs is 1. The van der Waals surface area contributed by atoms with Crippen LogP contribution < -0.4 is 11.0 Å². The molecule has 0 fully saturated rings. The average molecular weight is 375 g/mol. The molecule has 0 aliphatic carbocycles. The SMILES string of the molecule is Cc1cc(C)n(-c2ccccc2CNC(=O)c2ccc3c(c2)[nH]c(=O)n3C)n1. The van der Waals surface area contributed by atoms with Crippen LogP contribution in [0.2, 0.25) is 0 Å². The van der Waals surface area contributed by atoms with Crippen LogP contribution in [0.5, 0.6) is 0 Å². The van der Waals surface area contributed by atoms with Gasteiger partial charge < -0.3 is 10.3 Å². The van der Waals surface area contributed by atoms with Gasteiger partial charge in [-0.2, -0.15) is 5.10 Å². The topological polar surface area (TPSA) is 84.7 Å². The Labute approximate surface area is 161 Å². The highest BCUT2D eigenvalue weighted by atomic mass is 16.2. The average Bonchev–Trinajstić information content (AvgIpc) is 3.17. The van der Waals surface area contributed by atoms with Gasteiger partial charge in [-0.1, -0.05) is 18.2 Å². The number of nitrogens with one attached hydrogen (secondary N) is 2. The molecule has 0 bridgehead atoms. The predicted molar refractivity (Wildman–Crippen MR) is 108 cm³/mol. The zero-order chi connectivity index (χ0) is 19.8. The lowest BCUT2D eigenvalue weighted by atomic mass is 10.1. The number of aromatic nitrogens is 4. The van der Waals surface area contributed by atoms with Crippen molar-refractivity contribution >= 4 is 16.9 Å². The lowest BCUT2D eigenvalue weighted by molar-refractivity contribution is 0.0951. The molecule has 0 saturated heterocycles. The Morgan fingerprint density at radius 1 is 1.14 bits per heavy atom. The van der Waals surface area contributed by atoms with E-state index in [0.717, 1.165) is 28.2 Å². The summed E-state index contributed by atoms with van der Waals surface area (Å²) in [7, 11) is 1.69. The molecular weight excluding hydrogens is 354 g/mol. The van der Waals surface area contributed by atoms with E-state index in [1.54, 1.807) is 25.2 Å². The van der Waals surface area contributed by atoms with E-state index < -0.39 is 0 Å². The van der Waals surface area contributed by atoms with Crippen LogP contribution in [0.1, 0.15) is 27.3 Å². The van der Waals surface area contributed by atoms with Crippen molar-refractivity contribution in [1.82, 2.24) is 24.6 Å². The van der Waals surface area contributed by atoms with Gasteiger partial charge in [0, 0.05) is 24.8 Å². The Morgan fingerprint density at radius 3 is 2.68 bits per heavy atom. The molecule has 0 saturated carbocycles. The maximum Gasteiger partial charge on any atom is 0.326 e. The van der Waals surface area contributed by atoms with Crippen LogP contribution in [0.4, 0.5) is 0 Å². The number of carbonyl (C=O) groups is 1. The van der Waals surface area contributed by atoms with Gasteiger partial charge in [-0.05, 0) is 49.7 Å². The summed E-state index contributed by atoms with van der Waals surface area (Å²) in [5.74, 6) is -0.199. The molecule has 0 spiro atoms. The number of aryl methyl sites for hydroxylation is 3. The van der Waals surface area contributed by atoms with E-state index >= 15 is 0 Å². The quantitative estimate of drug-likeness (QED) is 0.575. The van der Waals surface area contributed by atoms with Gasteiger partial charge in [0.05, 0.1) is 22.4 Å². The minimum Gasteiger partial charge on any atom is -0.348 e. The number of amides is 1. The third kappa shape index (κ3) is 3.11. The first-order valence-electron chi connectivity index (χ1n) is 9.02. The van der Waals surface area contributed by atoms with Gasteiger partial charge in [-0.25, -0.2) is 9.48 Å². The molecule has 2 heterocycles. The molecule has 0 atom stereocenters. The van der Waals surface area contributed by atoms with Crippen LogP contribution in [0.15, 0.2) is 53.3 Å². The van der Waals surface area contributed by atoms with Gasteiger partial charge in [0.1, 0.15) is 0 Å². The van der Waals surface area contributed by atoms with E-state index in [4.69, 9.17) is 0 Å². The van der Waals surface area contributed by atoms with Crippen molar-refractivity contribution in [2.24, 2.45) is 7.05 Å². The number of carbonyl (C=O) groups excluding carboxylic acids is 1. The number of rotatable bonds is 4. The fourth-order valence-electron chi connectivity index (χ4n) is 3.40. The van der Waals surface area contributed by atoms with Gasteiger partial charge >= 0.3 is 5.69 Å². The zero-order valence-corrected chi connectivity index (χ0v) is 16.0. The molecule has 2 aromatic heterocycles. The van der Waals surface area contributed by atoms with Crippen LogP contribution in [0.25, 0.3) is 16.7 Å². The molecule has 2 aromatic carbocycles. The number of nitrogens with zero attached hydrogens (tertiary/aromatic N) is 3. The fraction of sp³-hybridized carbons (Fsp3) is 0.190. The Hall–Kier alpha value is -3.61. The van der Waals surface area contributed by atoms with Gasteiger partial charge in [-0.15, -0.1) is 0 Å². The molecule has 4 rings (SSSR count). The van der Waals surface area contributed by atoms with Crippen molar-refractivity contribution in [2.75, 3.05) is 0 Å². The first-order valence-corrected chi connectivity index (χ1v) is 9.02. The number of benzene rings is 2. The molecule has 1 amide bonds. The third-order valence-electron chi connectivity index (χ3n) is 4.84. The van der Waals surface area contributed by atoms with Crippen molar-refractivity contribution in [3.8, 4) is 5.69 Å². The first kappa shape index (κ1) is 17.8. The third-order valence-corrected chi connectivity index (χ3v) is 4.84. The molecule has 0 aliphatic heterocycles. The lowest BCUT2D eigenvalue weighted by Gasteiger charge is -2.12. The minimum absolute atomic E-state index is 0.199. The van der Waals surface area contributed by atoms with E-state index in [9.17, 15) is 9.59 Å². The minimum atomic E-state index is -0.202. The fourth-order valence-corrected chi connectivity index (χ4v) is 3.40.